The van der Waals surface area contributed by atoms with E-state index in [1.807, 2.05) is 0 Å². The molecule has 0 atom stereocenters. The molecular formula is C11H17N5O2. The summed E-state index contributed by atoms with van der Waals surface area (Å²) in [4.78, 5) is 14.4. The van der Waals surface area contributed by atoms with Crippen LogP contribution in [0.3, 0.4) is 0 Å². The molecule has 1 aromatic rings. The van der Waals surface area contributed by atoms with E-state index in [1.165, 1.54) is 0 Å². The molecule has 1 amide bonds. The first kappa shape index (κ1) is 11.6. The lowest BCUT2D eigenvalue weighted by Crippen LogP contribution is -2.52. The molecule has 1 saturated carbocycles. The van der Waals surface area contributed by atoms with Gasteiger partial charge in [0.2, 0.25) is 5.91 Å². The van der Waals surface area contributed by atoms with Gasteiger partial charge in [0.15, 0.2) is 0 Å². The maximum Gasteiger partial charge on any atom is 0.252 e. The number of hydrogen-bond acceptors (Lipinski definition) is 5. The molecular weight excluding hydrogens is 234 g/mol. The van der Waals surface area contributed by atoms with Crippen LogP contribution in [-0.4, -0.2) is 46.4 Å². The van der Waals surface area contributed by atoms with Crippen LogP contribution in [0.2, 0.25) is 0 Å². The number of aryl methyl sites for hydroxylation is 1. The van der Waals surface area contributed by atoms with Crippen LogP contribution in [0.1, 0.15) is 25.7 Å². The second kappa shape index (κ2) is 4.31. The number of carbonyl (C=O) groups is 1. The molecule has 1 fully saturated rings. The zero-order chi connectivity index (χ0) is 12.6. The average molecular weight is 251 g/mol. The summed E-state index contributed by atoms with van der Waals surface area (Å²) in [5, 5.41) is 11.5. The molecule has 0 N–H and O–H groups in total. The monoisotopic (exact) mass is 251 g/mol. The number of tetrazole rings is 1. The van der Waals surface area contributed by atoms with Crippen LogP contribution >= 0.6 is 0 Å². The highest BCUT2D eigenvalue weighted by molar-refractivity contribution is 5.97. The lowest BCUT2D eigenvalue weighted by Gasteiger charge is -2.43. The van der Waals surface area contributed by atoms with Gasteiger partial charge in [-0.2, -0.15) is 0 Å². The maximum absolute atomic E-state index is 12.7. The minimum Gasteiger partial charge on any atom is -0.384 e. The Bertz CT molecular complexity index is 454. The van der Waals surface area contributed by atoms with E-state index < -0.39 is 0 Å². The fourth-order valence-corrected chi connectivity index (χ4v) is 2.79. The summed E-state index contributed by atoms with van der Waals surface area (Å²) in [6, 6.07) is 0. The van der Waals surface area contributed by atoms with E-state index in [1.54, 1.807) is 16.7 Å². The Kier molecular flexibility index (Phi) is 2.77. The van der Waals surface area contributed by atoms with Crippen LogP contribution in [0.5, 0.6) is 0 Å². The number of amides is 1. The highest BCUT2D eigenvalue weighted by Gasteiger charge is 2.47. The van der Waals surface area contributed by atoms with Crippen LogP contribution in [0.25, 0.3) is 0 Å². The van der Waals surface area contributed by atoms with Crippen molar-refractivity contribution in [3.8, 4) is 0 Å². The molecule has 0 radical (unpaired) electrons. The molecule has 1 aliphatic carbocycles. The Morgan fingerprint density at radius 2 is 2.22 bits per heavy atom. The van der Waals surface area contributed by atoms with Crippen molar-refractivity contribution in [1.29, 1.82) is 0 Å². The number of rotatable bonds is 3. The third-order valence-corrected chi connectivity index (χ3v) is 3.94. The van der Waals surface area contributed by atoms with Crippen molar-refractivity contribution in [2.75, 3.05) is 25.2 Å². The summed E-state index contributed by atoms with van der Waals surface area (Å²) in [5.41, 5.74) is -0.344. The molecule has 18 heavy (non-hydrogen) atoms. The predicted octanol–water partition coefficient (Wildman–Crippen LogP) is 0.226. The number of fused-ring (bicyclic) bond motifs is 1. The van der Waals surface area contributed by atoms with Crippen molar-refractivity contribution in [1.82, 2.24) is 20.2 Å². The molecule has 1 aliphatic heterocycles. The quantitative estimate of drug-likeness (QED) is 0.768. The number of hydrogen-bond donors (Lipinski definition) is 0. The fraction of sp³-hybridized carbons (Fsp3) is 0.818. The normalized spacial score (nSPS) is 21.3. The molecule has 7 nitrogen and oxygen atoms in total. The van der Waals surface area contributed by atoms with Gasteiger partial charge < -0.3 is 4.74 Å². The Morgan fingerprint density at radius 3 is 2.89 bits per heavy atom. The zero-order valence-electron chi connectivity index (χ0n) is 10.5. The molecule has 2 heterocycles. The maximum atomic E-state index is 12.7. The first-order valence-electron chi connectivity index (χ1n) is 6.34. The van der Waals surface area contributed by atoms with Gasteiger partial charge in [0.25, 0.3) is 5.95 Å². The van der Waals surface area contributed by atoms with Crippen molar-refractivity contribution in [2.45, 2.75) is 32.2 Å². The first-order valence-corrected chi connectivity index (χ1v) is 6.34. The highest BCUT2D eigenvalue weighted by Crippen LogP contribution is 2.43. The van der Waals surface area contributed by atoms with Crippen molar-refractivity contribution in [3.05, 3.63) is 0 Å². The van der Waals surface area contributed by atoms with Gasteiger partial charge in [-0.25, -0.2) is 4.68 Å². The van der Waals surface area contributed by atoms with E-state index in [0.717, 1.165) is 32.2 Å². The van der Waals surface area contributed by atoms with Crippen molar-refractivity contribution in [2.24, 2.45) is 5.41 Å². The zero-order valence-corrected chi connectivity index (χ0v) is 10.5. The first-order chi connectivity index (χ1) is 8.77. The number of nitrogens with zero attached hydrogens (tertiary/aromatic N) is 5. The van der Waals surface area contributed by atoms with E-state index >= 15 is 0 Å². The smallest absolute Gasteiger partial charge is 0.252 e. The van der Waals surface area contributed by atoms with Gasteiger partial charge in [-0.3, -0.25) is 9.69 Å². The van der Waals surface area contributed by atoms with E-state index in [2.05, 4.69) is 15.5 Å². The predicted molar refractivity (Wildman–Crippen MR) is 62.9 cm³/mol. The van der Waals surface area contributed by atoms with Crippen LogP contribution in [0.4, 0.5) is 5.95 Å². The summed E-state index contributed by atoms with van der Waals surface area (Å²) >= 11 is 0. The summed E-state index contributed by atoms with van der Waals surface area (Å²) in [5.74, 6) is 0.694. The van der Waals surface area contributed by atoms with Crippen molar-refractivity contribution < 1.29 is 9.53 Å². The Labute approximate surface area is 105 Å². The summed E-state index contributed by atoms with van der Waals surface area (Å²) < 4.78 is 6.92. The second-order valence-electron chi connectivity index (χ2n) is 5.08. The fourth-order valence-electron chi connectivity index (χ4n) is 2.79. The van der Waals surface area contributed by atoms with E-state index in [0.29, 0.717) is 19.1 Å². The molecule has 2 aliphatic rings. The summed E-state index contributed by atoms with van der Waals surface area (Å²) in [7, 11) is 1.65. The number of aromatic nitrogens is 4. The SMILES string of the molecule is COCC1(C(=O)N2CCCn3nnnc32)CCC1. The minimum atomic E-state index is -0.344. The van der Waals surface area contributed by atoms with Gasteiger partial charge in [0, 0.05) is 20.2 Å². The van der Waals surface area contributed by atoms with Crippen LogP contribution in [0, 0.1) is 5.41 Å². The molecule has 1 aromatic heterocycles. The van der Waals surface area contributed by atoms with E-state index in [9.17, 15) is 4.79 Å². The molecule has 0 bridgehead atoms. The second-order valence-corrected chi connectivity index (χ2v) is 5.08. The third-order valence-electron chi connectivity index (χ3n) is 3.94. The van der Waals surface area contributed by atoms with E-state index in [4.69, 9.17) is 4.74 Å². The average Bonchev–Trinajstić information content (AvgIpc) is 2.80. The van der Waals surface area contributed by atoms with Crippen LogP contribution in [0.15, 0.2) is 0 Å². The lowest BCUT2D eigenvalue weighted by atomic mass is 9.68. The van der Waals surface area contributed by atoms with Crippen molar-refractivity contribution >= 4 is 11.9 Å². The van der Waals surface area contributed by atoms with Crippen molar-refractivity contribution in [3.63, 3.8) is 0 Å². The Morgan fingerprint density at radius 1 is 1.39 bits per heavy atom. The molecule has 3 rings (SSSR count). The molecule has 0 aromatic carbocycles. The third kappa shape index (κ3) is 1.61. The van der Waals surface area contributed by atoms with Crippen LogP contribution < -0.4 is 4.90 Å². The molecule has 0 saturated heterocycles. The minimum absolute atomic E-state index is 0.117. The van der Waals surface area contributed by atoms with Gasteiger partial charge in [0.05, 0.1) is 12.0 Å². The molecule has 98 valence electrons. The van der Waals surface area contributed by atoms with Crippen LogP contribution in [-0.2, 0) is 16.1 Å². The number of methoxy groups -OCH3 is 1. The number of ether oxygens (including phenoxy) is 1. The Balaban J connectivity index is 1.86. The number of carbonyl (C=O) groups excluding carboxylic acids is 1. The lowest BCUT2D eigenvalue weighted by molar-refractivity contribution is -0.137. The van der Waals surface area contributed by atoms with E-state index in [-0.39, 0.29) is 11.3 Å². The highest BCUT2D eigenvalue weighted by atomic mass is 16.5. The largest absolute Gasteiger partial charge is 0.384 e. The molecule has 0 unspecified atom stereocenters. The molecule has 7 heteroatoms. The van der Waals surface area contributed by atoms with Gasteiger partial charge in [0.1, 0.15) is 0 Å². The standard InChI is InChI=1S/C11H17N5O2/c1-18-8-11(4-2-5-11)9(17)15-6-3-7-16-10(15)12-13-14-16/h2-8H2,1H3. The Hall–Kier alpha value is -1.50. The van der Waals surface area contributed by atoms with Gasteiger partial charge in [-0.1, -0.05) is 11.5 Å². The topological polar surface area (TPSA) is 73.1 Å². The molecule has 0 spiro atoms. The van der Waals surface area contributed by atoms with Gasteiger partial charge >= 0.3 is 0 Å². The van der Waals surface area contributed by atoms with Gasteiger partial charge in [-0.05, 0) is 29.7 Å². The number of anilines is 1. The summed E-state index contributed by atoms with van der Waals surface area (Å²) in [6.07, 6.45) is 3.79. The summed E-state index contributed by atoms with van der Waals surface area (Å²) in [6.45, 7) is 1.97. The van der Waals surface area contributed by atoms with Gasteiger partial charge in [-0.15, -0.1) is 0 Å².